The summed E-state index contributed by atoms with van der Waals surface area (Å²) in [4.78, 5) is 17.5. The molecule has 30 heavy (non-hydrogen) atoms. The Hall–Kier alpha value is -2.48. The van der Waals surface area contributed by atoms with Crippen molar-refractivity contribution < 1.29 is 13.6 Å². The van der Waals surface area contributed by atoms with Crippen molar-refractivity contribution in [3.63, 3.8) is 0 Å². The summed E-state index contributed by atoms with van der Waals surface area (Å²) in [6.07, 6.45) is 2.13. The molecular weight excluding hydrogens is 388 g/mol. The molecular formula is C22H27F2N5O. The van der Waals surface area contributed by atoms with E-state index in [0.29, 0.717) is 30.1 Å². The van der Waals surface area contributed by atoms with Gasteiger partial charge in [0, 0.05) is 48.3 Å². The first-order chi connectivity index (χ1) is 14.6. The lowest BCUT2D eigenvalue weighted by molar-refractivity contribution is -0.117. The van der Waals surface area contributed by atoms with E-state index in [9.17, 15) is 13.6 Å². The van der Waals surface area contributed by atoms with E-state index in [4.69, 9.17) is 0 Å². The van der Waals surface area contributed by atoms with Crippen LogP contribution in [0.3, 0.4) is 0 Å². The maximum Gasteiger partial charge on any atom is 0.282 e. The highest BCUT2D eigenvalue weighted by molar-refractivity contribution is 5.90. The minimum Gasteiger partial charge on any atom is -0.369 e. The van der Waals surface area contributed by atoms with E-state index in [1.165, 1.54) is 29.8 Å². The average molecular weight is 415 g/mol. The fraction of sp³-hybridized carbons (Fsp3) is 0.545. The number of alkyl halides is 2. The van der Waals surface area contributed by atoms with Crippen molar-refractivity contribution in [3.05, 3.63) is 41.2 Å². The van der Waals surface area contributed by atoms with Crippen molar-refractivity contribution in [2.75, 3.05) is 36.4 Å². The molecule has 1 aromatic carbocycles. The second-order valence-electron chi connectivity index (χ2n) is 8.50. The Morgan fingerprint density at radius 2 is 1.97 bits per heavy atom. The third kappa shape index (κ3) is 3.69. The topological polar surface area (TPSA) is 53.4 Å². The third-order valence-corrected chi connectivity index (χ3v) is 6.64. The molecule has 3 aliphatic rings. The lowest BCUT2D eigenvalue weighted by Crippen LogP contribution is -2.50. The van der Waals surface area contributed by atoms with Gasteiger partial charge in [-0.3, -0.25) is 14.4 Å². The number of carbonyl (C=O) groups excluding carboxylic acids is 1. The molecule has 1 aromatic heterocycles. The van der Waals surface area contributed by atoms with Crippen LogP contribution in [0, 0.1) is 0 Å². The number of anilines is 2. The van der Waals surface area contributed by atoms with Crippen LogP contribution in [0.25, 0.3) is 0 Å². The first-order valence-corrected chi connectivity index (χ1v) is 10.8. The Bertz CT molecular complexity index is 926. The van der Waals surface area contributed by atoms with Crippen LogP contribution in [-0.4, -0.2) is 52.8 Å². The molecule has 5 rings (SSSR count). The Balaban J connectivity index is 1.21. The molecule has 1 amide bonds. The molecule has 1 aliphatic carbocycles. The fourth-order valence-corrected chi connectivity index (χ4v) is 5.16. The molecule has 160 valence electrons. The van der Waals surface area contributed by atoms with Crippen molar-refractivity contribution in [1.29, 1.82) is 0 Å². The number of halogens is 2. The third-order valence-electron chi connectivity index (χ3n) is 6.64. The number of benzene rings is 1. The van der Waals surface area contributed by atoms with Gasteiger partial charge < -0.3 is 10.2 Å². The lowest BCUT2D eigenvalue weighted by Gasteiger charge is -2.38. The van der Waals surface area contributed by atoms with Crippen LogP contribution >= 0.6 is 0 Å². The van der Waals surface area contributed by atoms with Crippen LogP contribution < -0.4 is 10.2 Å². The minimum absolute atomic E-state index is 0.0412. The standard InChI is InChI=1S/C22H27F2N5O/c23-22(24)21-18-4-1-5-19(18)29(26-21)14-20(30)25-15-6-8-16(9-7-15)28-12-11-27-10-2-3-17(27)13-28/h6-9,17,22H,1-5,10-14H2,(H,25,30)/t17-/m1/s1. The van der Waals surface area contributed by atoms with Crippen LogP contribution in [0.5, 0.6) is 0 Å². The van der Waals surface area contributed by atoms with Crippen molar-refractivity contribution in [1.82, 2.24) is 14.7 Å². The van der Waals surface area contributed by atoms with Gasteiger partial charge in [0.25, 0.3) is 6.43 Å². The SMILES string of the molecule is O=C(Cn1nc(C(F)F)c2c1CCC2)Nc1ccc(N2CCN3CCC[C@@H]3C2)cc1. The molecule has 2 fully saturated rings. The molecule has 2 aromatic rings. The van der Waals surface area contributed by atoms with Gasteiger partial charge in [-0.25, -0.2) is 8.78 Å². The maximum atomic E-state index is 13.2. The summed E-state index contributed by atoms with van der Waals surface area (Å²) in [5, 5.41) is 6.88. The zero-order valence-electron chi connectivity index (χ0n) is 17.0. The molecule has 1 atom stereocenters. The first kappa shape index (κ1) is 19.5. The van der Waals surface area contributed by atoms with Gasteiger partial charge in [-0.05, 0) is 62.9 Å². The second kappa shape index (κ2) is 7.98. The molecule has 0 unspecified atom stereocenters. The summed E-state index contributed by atoms with van der Waals surface area (Å²) in [5.74, 6) is -0.250. The van der Waals surface area contributed by atoms with Gasteiger partial charge in [0.05, 0.1) is 0 Å². The molecule has 0 bridgehead atoms. The van der Waals surface area contributed by atoms with Crippen LogP contribution in [0.1, 0.15) is 42.6 Å². The Kier molecular flexibility index (Phi) is 5.18. The number of carbonyl (C=O) groups is 1. The van der Waals surface area contributed by atoms with Crippen molar-refractivity contribution in [2.24, 2.45) is 0 Å². The Morgan fingerprint density at radius 1 is 1.13 bits per heavy atom. The van der Waals surface area contributed by atoms with Gasteiger partial charge in [0.1, 0.15) is 12.2 Å². The van der Waals surface area contributed by atoms with Crippen LogP contribution in [0.15, 0.2) is 24.3 Å². The highest BCUT2D eigenvalue weighted by atomic mass is 19.3. The van der Waals surface area contributed by atoms with Crippen molar-refractivity contribution in [2.45, 2.75) is 51.1 Å². The monoisotopic (exact) mass is 415 g/mol. The van der Waals surface area contributed by atoms with E-state index in [1.54, 1.807) is 0 Å². The van der Waals surface area contributed by atoms with Crippen molar-refractivity contribution in [3.8, 4) is 0 Å². The summed E-state index contributed by atoms with van der Waals surface area (Å²) in [6, 6.07) is 8.56. The number of rotatable bonds is 5. The summed E-state index contributed by atoms with van der Waals surface area (Å²) in [6.45, 7) is 4.38. The predicted molar refractivity (Wildman–Crippen MR) is 111 cm³/mol. The van der Waals surface area contributed by atoms with Crippen LogP contribution in [0.2, 0.25) is 0 Å². The van der Waals surface area contributed by atoms with E-state index in [2.05, 4.69) is 20.2 Å². The molecule has 3 heterocycles. The van der Waals surface area contributed by atoms with E-state index in [0.717, 1.165) is 31.7 Å². The molecule has 0 spiro atoms. The number of nitrogens with one attached hydrogen (secondary N) is 1. The van der Waals surface area contributed by atoms with Gasteiger partial charge in [-0.15, -0.1) is 0 Å². The van der Waals surface area contributed by atoms with E-state index >= 15 is 0 Å². The van der Waals surface area contributed by atoms with Gasteiger partial charge >= 0.3 is 0 Å². The van der Waals surface area contributed by atoms with Gasteiger partial charge in [-0.2, -0.15) is 5.10 Å². The molecule has 8 heteroatoms. The molecule has 0 radical (unpaired) electrons. The summed E-state index contributed by atoms with van der Waals surface area (Å²) in [5.41, 5.74) is 3.13. The highest BCUT2D eigenvalue weighted by Crippen LogP contribution is 2.31. The Labute approximate surface area is 174 Å². The van der Waals surface area contributed by atoms with Crippen LogP contribution in [0.4, 0.5) is 20.2 Å². The smallest absolute Gasteiger partial charge is 0.282 e. The number of piperazine rings is 1. The second-order valence-corrected chi connectivity index (χ2v) is 8.50. The largest absolute Gasteiger partial charge is 0.369 e. The van der Waals surface area contributed by atoms with Gasteiger partial charge in [0.2, 0.25) is 5.91 Å². The van der Waals surface area contributed by atoms with Crippen LogP contribution in [-0.2, 0) is 24.2 Å². The summed E-state index contributed by atoms with van der Waals surface area (Å²) >= 11 is 0. The number of amides is 1. The normalized spacial score (nSPS) is 21.2. The predicted octanol–water partition coefficient (Wildman–Crippen LogP) is 3.23. The first-order valence-electron chi connectivity index (χ1n) is 10.8. The zero-order chi connectivity index (χ0) is 20.7. The zero-order valence-corrected chi connectivity index (χ0v) is 17.0. The lowest BCUT2D eigenvalue weighted by atomic mass is 10.1. The number of aromatic nitrogens is 2. The van der Waals surface area contributed by atoms with Gasteiger partial charge in [-0.1, -0.05) is 0 Å². The highest BCUT2D eigenvalue weighted by Gasteiger charge is 2.30. The molecule has 2 aliphatic heterocycles. The fourth-order valence-electron chi connectivity index (χ4n) is 5.16. The molecule has 0 saturated carbocycles. The quantitative estimate of drug-likeness (QED) is 0.815. The van der Waals surface area contributed by atoms with Gasteiger partial charge in [0.15, 0.2) is 0 Å². The van der Waals surface area contributed by atoms with E-state index in [-0.39, 0.29) is 18.1 Å². The Morgan fingerprint density at radius 3 is 2.77 bits per heavy atom. The van der Waals surface area contributed by atoms with E-state index < -0.39 is 6.43 Å². The average Bonchev–Trinajstić information content (AvgIpc) is 3.45. The molecule has 2 saturated heterocycles. The molecule has 1 N–H and O–H groups in total. The number of hydrogen-bond donors (Lipinski definition) is 1. The number of hydrogen-bond acceptors (Lipinski definition) is 4. The summed E-state index contributed by atoms with van der Waals surface area (Å²) < 4.78 is 27.9. The number of nitrogens with zero attached hydrogens (tertiary/aromatic N) is 4. The minimum atomic E-state index is -2.60. The van der Waals surface area contributed by atoms with E-state index in [1.807, 2.05) is 24.3 Å². The molecule has 6 nitrogen and oxygen atoms in total. The maximum absolute atomic E-state index is 13.2. The number of fused-ring (bicyclic) bond motifs is 2. The van der Waals surface area contributed by atoms with Crippen molar-refractivity contribution >= 4 is 17.3 Å². The summed E-state index contributed by atoms with van der Waals surface area (Å²) in [7, 11) is 0.